The molecule has 8 nitrogen and oxygen atoms in total. The van der Waals surface area contributed by atoms with Crippen LogP contribution < -0.4 is 5.32 Å². The third-order valence-electron chi connectivity index (χ3n) is 4.93. The quantitative estimate of drug-likeness (QED) is 0.620. The zero-order valence-corrected chi connectivity index (χ0v) is 18.1. The maximum atomic E-state index is 12.9. The molecule has 1 aromatic heterocycles. The van der Waals surface area contributed by atoms with Gasteiger partial charge in [0.2, 0.25) is 21.1 Å². The predicted octanol–water partition coefficient (Wildman–Crippen LogP) is 3.24. The molecule has 0 bridgehead atoms. The third kappa shape index (κ3) is 4.93. The molecule has 4 rings (SSSR count). The molecule has 11 heteroatoms. The summed E-state index contributed by atoms with van der Waals surface area (Å²) in [4.78, 5) is 16.7. The van der Waals surface area contributed by atoms with Crippen molar-refractivity contribution in [2.75, 3.05) is 24.2 Å². The van der Waals surface area contributed by atoms with Crippen molar-refractivity contribution in [2.45, 2.75) is 48.1 Å². The van der Waals surface area contributed by atoms with Gasteiger partial charge in [-0.3, -0.25) is 9.89 Å². The van der Waals surface area contributed by atoms with Gasteiger partial charge in [-0.05, 0) is 43.9 Å². The molecular weight excluding hydrogens is 434 g/mol. The molecule has 1 saturated carbocycles. The second-order valence-electron chi connectivity index (χ2n) is 7.22. The second kappa shape index (κ2) is 8.63. The molecule has 0 spiro atoms. The summed E-state index contributed by atoms with van der Waals surface area (Å²) < 4.78 is 27.3. The first-order valence-electron chi connectivity index (χ1n) is 9.58. The van der Waals surface area contributed by atoms with Crippen molar-refractivity contribution in [1.82, 2.24) is 19.5 Å². The van der Waals surface area contributed by atoms with Crippen LogP contribution >= 0.6 is 23.4 Å². The fraction of sp³-hybridized carbons (Fsp3) is 0.500. The molecule has 2 heterocycles. The van der Waals surface area contributed by atoms with Crippen LogP contribution in [0, 0.1) is 0 Å². The number of carbonyl (C=O) groups excluding carboxylic acids is 1. The highest BCUT2D eigenvalue weighted by atomic mass is 35.5. The molecule has 0 radical (unpaired) electrons. The van der Waals surface area contributed by atoms with Crippen molar-refractivity contribution in [3.8, 4) is 0 Å². The largest absolute Gasteiger partial charge is 0.325 e. The molecule has 1 amide bonds. The van der Waals surface area contributed by atoms with Crippen LogP contribution in [0.3, 0.4) is 0 Å². The van der Waals surface area contributed by atoms with Crippen molar-refractivity contribution in [1.29, 1.82) is 0 Å². The van der Waals surface area contributed by atoms with Gasteiger partial charge in [0.25, 0.3) is 0 Å². The highest BCUT2D eigenvalue weighted by molar-refractivity contribution is 7.99. The van der Waals surface area contributed by atoms with Crippen molar-refractivity contribution >= 4 is 45.0 Å². The summed E-state index contributed by atoms with van der Waals surface area (Å²) in [5.74, 6) is 1.20. The minimum atomic E-state index is -3.69. The molecule has 1 aliphatic carbocycles. The van der Waals surface area contributed by atoms with Gasteiger partial charge in [-0.25, -0.2) is 13.4 Å². The van der Waals surface area contributed by atoms with E-state index in [4.69, 9.17) is 11.6 Å². The van der Waals surface area contributed by atoms with Gasteiger partial charge in [0, 0.05) is 24.7 Å². The number of aromatic amines is 1. The fourth-order valence-electron chi connectivity index (χ4n) is 3.21. The van der Waals surface area contributed by atoms with Crippen molar-refractivity contribution in [3.63, 3.8) is 0 Å². The van der Waals surface area contributed by atoms with Crippen LogP contribution in [-0.2, 0) is 14.8 Å². The summed E-state index contributed by atoms with van der Waals surface area (Å²) >= 11 is 7.40. The molecule has 2 fully saturated rings. The number of amides is 1. The average molecular weight is 456 g/mol. The number of piperidine rings is 1. The van der Waals surface area contributed by atoms with Gasteiger partial charge in [0.1, 0.15) is 10.7 Å². The number of sulfonamides is 1. The van der Waals surface area contributed by atoms with Crippen molar-refractivity contribution in [2.24, 2.45) is 0 Å². The van der Waals surface area contributed by atoms with Crippen LogP contribution in [0.2, 0.25) is 5.02 Å². The van der Waals surface area contributed by atoms with Gasteiger partial charge in [-0.15, -0.1) is 5.10 Å². The Kier molecular flexibility index (Phi) is 6.14. The number of H-pyrrole nitrogens is 1. The number of thioether (sulfide) groups is 1. The van der Waals surface area contributed by atoms with Crippen molar-refractivity contribution < 1.29 is 13.2 Å². The molecule has 2 aromatic rings. The van der Waals surface area contributed by atoms with Crippen LogP contribution in [0.5, 0.6) is 0 Å². The average Bonchev–Trinajstić information content (AvgIpc) is 3.46. The lowest BCUT2D eigenvalue weighted by Crippen LogP contribution is -2.35. The number of carbonyl (C=O) groups is 1. The summed E-state index contributed by atoms with van der Waals surface area (Å²) in [6.07, 6.45) is 4.96. The number of benzene rings is 1. The first-order valence-corrected chi connectivity index (χ1v) is 12.4. The van der Waals surface area contributed by atoms with E-state index < -0.39 is 10.0 Å². The molecule has 1 aliphatic heterocycles. The molecule has 29 heavy (non-hydrogen) atoms. The minimum Gasteiger partial charge on any atom is -0.325 e. The van der Waals surface area contributed by atoms with E-state index in [0.29, 0.717) is 29.9 Å². The summed E-state index contributed by atoms with van der Waals surface area (Å²) in [6.45, 7) is 0.983. The Balaban J connectivity index is 1.40. The van der Waals surface area contributed by atoms with E-state index in [-0.39, 0.29) is 21.6 Å². The Morgan fingerprint density at radius 3 is 2.76 bits per heavy atom. The van der Waals surface area contributed by atoms with Crippen LogP contribution in [0.15, 0.2) is 28.3 Å². The van der Waals surface area contributed by atoms with Gasteiger partial charge in [0.05, 0.1) is 10.8 Å². The van der Waals surface area contributed by atoms with Gasteiger partial charge < -0.3 is 5.32 Å². The maximum Gasteiger partial charge on any atom is 0.244 e. The van der Waals surface area contributed by atoms with Crippen LogP contribution in [-0.4, -0.2) is 52.7 Å². The van der Waals surface area contributed by atoms with E-state index in [2.05, 4.69) is 20.5 Å². The smallest absolute Gasteiger partial charge is 0.244 e. The SMILES string of the molecule is O=C(CSc1n[nH]c(C2CC2)n1)Nc1ccc(Cl)c(S(=O)(=O)N2CCCCC2)c1. The zero-order valence-electron chi connectivity index (χ0n) is 15.7. The lowest BCUT2D eigenvalue weighted by molar-refractivity contribution is -0.113. The van der Waals surface area contributed by atoms with E-state index in [0.717, 1.165) is 37.9 Å². The first-order chi connectivity index (χ1) is 13.9. The number of rotatable bonds is 7. The molecule has 0 unspecified atom stereocenters. The molecular formula is C18H22ClN5O3S2. The number of anilines is 1. The first kappa shape index (κ1) is 20.6. The van der Waals surface area contributed by atoms with E-state index >= 15 is 0 Å². The summed E-state index contributed by atoms with van der Waals surface area (Å²) in [5.41, 5.74) is 0.393. The number of aromatic nitrogens is 3. The summed E-state index contributed by atoms with van der Waals surface area (Å²) in [7, 11) is -3.69. The molecule has 0 atom stereocenters. The van der Waals surface area contributed by atoms with Crippen LogP contribution in [0.4, 0.5) is 5.69 Å². The Morgan fingerprint density at radius 2 is 2.03 bits per heavy atom. The molecule has 2 aliphatic rings. The third-order valence-corrected chi connectivity index (χ3v) is 8.15. The van der Waals surface area contributed by atoms with Crippen molar-refractivity contribution in [3.05, 3.63) is 29.0 Å². The van der Waals surface area contributed by atoms with Crippen LogP contribution in [0.25, 0.3) is 0 Å². The summed E-state index contributed by atoms with van der Waals surface area (Å²) in [5, 5.41) is 10.4. The monoisotopic (exact) mass is 455 g/mol. The standard InChI is InChI=1S/C18H22ClN5O3S2/c19-14-7-6-13(10-15(14)29(26,27)24-8-2-1-3-9-24)20-16(25)11-28-18-21-17(22-23-18)12-4-5-12/h6-7,10,12H,1-5,8-9,11H2,(H,20,25)(H,21,22,23). The predicted molar refractivity (Wildman–Crippen MR) is 112 cm³/mol. The lowest BCUT2D eigenvalue weighted by Gasteiger charge is -2.26. The number of nitrogens with one attached hydrogen (secondary N) is 2. The second-order valence-corrected chi connectivity index (χ2v) is 10.5. The molecule has 2 N–H and O–H groups in total. The lowest BCUT2D eigenvalue weighted by atomic mass is 10.2. The van der Waals surface area contributed by atoms with Gasteiger partial charge in [-0.1, -0.05) is 29.8 Å². The minimum absolute atomic E-state index is 0.0227. The Bertz CT molecular complexity index is 1000. The highest BCUT2D eigenvalue weighted by Gasteiger charge is 2.29. The zero-order chi connectivity index (χ0) is 20.4. The van der Waals surface area contributed by atoms with E-state index in [1.807, 2.05) is 0 Å². The van der Waals surface area contributed by atoms with E-state index in [9.17, 15) is 13.2 Å². The Morgan fingerprint density at radius 1 is 1.28 bits per heavy atom. The maximum absolute atomic E-state index is 12.9. The Hall–Kier alpha value is -1.62. The van der Waals surface area contributed by atoms with Gasteiger partial charge >= 0.3 is 0 Å². The van der Waals surface area contributed by atoms with E-state index in [1.165, 1.54) is 28.2 Å². The Labute approximate surface area is 178 Å². The normalized spacial score (nSPS) is 18.0. The molecule has 1 aromatic carbocycles. The fourth-order valence-corrected chi connectivity index (χ4v) is 5.84. The number of hydrogen-bond donors (Lipinski definition) is 2. The number of halogens is 1. The highest BCUT2D eigenvalue weighted by Crippen LogP contribution is 2.38. The van der Waals surface area contributed by atoms with Gasteiger partial charge in [0.15, 0.2) is 0 Å². The number of nitrogens with zero attached hydrogens (tertiary/aromatic N) is 3. The number of hydrogen-bond acceptors (Lipinski definition) is 6. The topological polar surface area (TPSA) is 108 Å². The van der Waals surface area contributed by atoms with E-state index in [1.54, 1.807) is 6.07 Å². The van der Waals surface area contributed by atoms with Crippen LogP contribution in [0.1, 0.15) is 43.8 Å². The van der Waals surface area contributed by atoms with Gasteiger partial charge in [-0.2, -0.15) is 4.31 Å². The molecule has 1 saturated heterocycles. The summed E-state index contributed by atoms with van der Waals surface area (Å²) in [6, 6.07) is 4.52. The molecule has 156 valence electrons.